The van der Waals surface area contributed by atoms with Gasteiger partial charge in [-0.1, -0.05) is 19.9 Å². The number of aryl methyl sites for hydroxylation is 1. The molecule has 0 saturated heterocycles. The predicted molar refractivity (Wildman–Crippen MR) is 127 cm³/mol. The Balaban J connectivity index is 3.67. The van der Waals surface area contributed by atoms with Gasteiger partial charge in [-0.05, 0) is 72.6 Å². The van der Waals surface area contributed by atoms with E-state index in [0.717, 1.165) is 5.56 Å². The minimum atomic E-state index is -4.06. The summed E-state index contributed by atoms with van der Waals surface area (Å²) in [5.74, 6) is -1.33. The summed E-state index contributed by atoms with van der Waals surface area (Å²) in [6.07, 6.45) is -1.24. The molecule has 188 valence electrons. The molecule has 0 aliphatic heterocycles. The van der Waals surface area contributed by atoms with E-state index in [-0.39, 0.29) is 18.6 Å². The van der Waals surface area contributed by atoms with Gasteiger partial charge in [-0.15, -0.1) is 0 Å². The summed E-state index contributed by atoms with van der Waals surface area (Å²) in [6.45, 7) is 17.4. The maximum Gasteiger partial charge on any atom is 0.530 e. The number of carboxylic acids is 1. The fourth-order valence-corrected chi connectivity index (χ4v) is 5.06. The van der Waals surface area contributed by atoms with Crippen LogP contribution in [0.25, 0.3) is 0 Å². The number of aliphatic carboxylic acids is 1. The highest BCUT2D eigenvalue weighted by Crippen LogP contribution is 2.54. The lowest BCUT2D eigenvalue weighted by Crippen LogP contribution is -2.28. The third-order valence-corrected chi connectivity index (χ3v) is 6.02. The van der Waals surface area contributed by atoms with Crippen molar-refractivity contribution in [3.63, 3.8) is 0 Å². The number of hydrogen-bond acceptors (Lipinski definition) is 7. The van der Waals surface area contributed by atoms with E-state index in [2.05, 4.69) is 0 Å². The Labute approximate surface area is 197 Å². The predicted octanol–water partition coefficient (Wildman–Crippen LogP) is 5.97. The quantitative estimate of drug-likeness (QED) is 0.301. The molecule has 0 radical (unpaired) electrons. The van der Waals surface area contributed by atoms with Crippen molar-refractivity contribution in [1.82, 2.24) is 0 Å². The zero-order chi connectivity index (χ0) is 25.8. The van der Waals surface area contributed by atoms with Crippen molar-refractivity contribution in [1.29, 1.82) is 0 Å². The van der Waals surface area contributed by atoms with Crippen molar-refractivity contribution >= 4 is 19.8 Å². The van der Waals surface area contributed by atoms with Gasteiger partial charge >= 0.3 is 19.8 Å². The second kappa shape index (κ2) is 11.0. The molecule has 9 heteroatoms. The molecule has 0 bridgehead atoms. The van der Waals surface area contributed by atoms with Crippen molar-refractivity contribution in [3.8, 4) is 5.75 Å². The SMILES string of the molecule is Cc1cc(CC(=O)OC(C)(C)C)c(C(C)(C)CC(=O)O)c(OP(=O)(OC(C)C)OC(C)C)c1. The monoisotopic (exact) mass is 486 g/mol. The number of benzene rings is 1. The van der Waals surface area contributed by atoms with E-state index in [4.69, 9.17) is 18.3 Å². The maximum atomic E-state index is 13.5. The van der Waals surface area contributed by atoms with Crippen LogP contribution in [-0.4, -0.2) is 34.9 Å². The lowest BCUT2D eigenvalue weighted by atomic mass is 9.77. The fraction of sp³-hybridized carbons (Fsp3) is 0.667. The van der Waals surface area contributed by atoms with E-state index in [9.17, 15) is 19.3 Å². The Kier molecular flexibility index (Phi) is 9.73. The van der Waals surface area contributed by atoms with Gasteiger partial charge in [-0.3, -0.25) is 18.6 Å². The summed E-state index contributed by atoms with van der Waals surface area (Å²) in [7, 11) is -4.06. The average molecular weight is 487 g/mol. The van der Waals surface area contributed by atoms with Gasteiger partial charge in [0, 0.05) is 11.0 Å². The summed E-state index contributed by atoms with van der Waals surface area (Å²) in [6, 6.07) is 3.44. The summed E-state index contributed by atoms with van der Waals surface area (Å²) in [5.41, 5.74) is 0.0711. The first kappa shape index (κ1) is 29.1. The van der Waals surface area contributed by atoms with E-state index >= 15 is 0 Å². The average Bonchev–Trinajstić information content (AvgIpc) is 2.47. The van der Waals surface area contributed by atoms with Gasteiger partial charge in [-0.25, -0.2) is 4.57 Å². The van der Waals surface area contributed by atoms with Crippen molar-refractivity contribution in [2.75, 3.05) is 0 Å². The minimum Gasteiger partial charge on any atom is -0.481 e. The van der Waals surface area contributed by atoms with E-state index in [0.29, 0.717) is 11.1 Å². The number of carboxylic acid groups (broad SMARTS) is 1. The third kappa shape index (κ3) is 9.86. The first-order chi connectivity index (χ1) is 14.8. The van der Waals surface area contributed by atoms with E-state index < -0.39 is 43.0 Å². The molecule has 1 aromatic carbocycles. The molecule has 1 rings (SSSR count). The molecule has 0 unspecified atom stereocenters. The molecule has 8 nitrogen and oxygen atoms in total. The second-order valence-electron chi connectivity index (χ2n) is 10.4. The number of ether oxygens (including phenoxy) is 1. The van der Waals surface area contributed by atoms with Crippen LogP contribution in [-0.2, 0) is 39.8 Å². The number of rotatable bonds is 11. The summed E-state index contributed by atoms with van der Waals surface area (Å²) >= 11 is 0. The van der Waals surface area contributed by atoms with Gasteiger partial charge in [0.15, 0.2) is 0 Å². The molecular formula is C24H39O8P. The Bertz CT molecular complexity index is 882. The van der Waals surface area contributed by atoms with Gasteiger partial charge < -0.3 is 14.4 Å². The van der Waals surface area contributed by atoms with Crippen LogP contribution in [0.4, 0.5) is 0 Å². The number of esters is 1. The lowest BCUT2D eigenvalue weighted by molar-refractivity contribution is -0.153. The molecule has 0 spiro atoms. The molecule has 0 heterocycles. The second-order valence-corrected chi connectivity index (χ2v) is 11.9. The normalized spacial score (nSPS) is 12.8. The van der Waals surface area contributed by atoms with Gasteiger partial charge in [-0.2, -0.15) is 0 Å². The highest BCUT2D eigenvalue weighted by molar-refractivity contribution is 7.49. The Morgan fingerprint density at radius 3 is 1.94 bits per heavy atom. The topological polar surface area (TPSA) is 108 Å². The van der Waals surface area contributed by atoms with Crippen molar-refractivity contribution in [2.24, 2.45) is 0 Å². The number of carbonyl (C=O) groups excluding carboxylic acids is 1. The van der Waals surface area contributed by atoms with Crippen LogP contribution in [0.1, 0.15) is 85.4 Å². The van der Waals surface area contributed by atoms with Crippen LogP contribution in [0.5, 0.6) is 5.75 Å². The number of hydrogen-bond donors (Lipinski definition) is 1. The standard InChI is InChI=1S/C24H39O8P/c1-15(2)30-33(28,31-16(3)4)32-19-12-17(5)11-18(13-21(27)29-23(6,7)8)22(19)24(9,10)14-20(25)26/h11-12,15-16H,13-14H2,1-10H3,(H,25,26). The van der Waals surface area contributed by atoms with Crippen LogP contribution in [0.2, 0.25) is 0 Å². The largest absolute Gasteiger partial charge is 0.530 e. The minimum absolute atomic E-state index is 0.103. The van der Waals surface area contributed by atoms with E-state index in [1.807, 2.05) is 0 Å². The first-order valence-corrected chi connectivity index (χ1v) is 12.5. The molecule has 0 aromatic heterocycles. The summed E-state index contributed by atoms with van der Waals surface area (Å²) < 4.78 is 35.9. The molecular weight excluding hydrogens is 447 g/mol. The molecule has 1 N–H and O–H groups in total. The molecule has 0 fully saturated rings. The lowest BCUT2D eigenvalue weighted by Gasteiger charge is -2.31. The molecule has 0 aliphatic carbocycles. The highest BCUT2D eigenvalue weighted by Gasteiger charge is 2.37. The van der Waals surface area contributed by atoms with Crippen LogP contribution in [0.15, 0.2) is 12.1 Å². The number of phosphoric acid groups is 1. The summed E-state index contributed by atoms with van der Waals surface area (Å²) in [5, 5.41) is 9.52. The molecule has 0 aliphatic rings. The van der Waals surface area contributed by atoms with Gasteiger partial charge in [0.1, 0.15) is 11.4 Å². The first-order valence-electron chi connectivity index (χ1n) is 11.1. The van der Waals surface area contributed by atoms with Gasteiger partial charge in [0.05, 0.1) is 25.0 Å². The van der Waals surface area contributed by atoms with Crippen molar-refractivity contribution in [3.05, 3.63) is 28.8 Å². The Hall–Kier alpha value is -1.89. The van der Waals surface area contributed by atoms with E-state index in [1.165, 1.54) is 0 Å². The molecule has 0 atom stereocenters. The highest BCUT2D eigenvalue weighted by atomic mass is 31.2. The summed E-state index contributed by atoms with van der Waals surface area (Å²) in [4.78, 5) is 24.3. The molecule has 33 heavy (non-hydrogen) atoms. The molecule has 1 aromatic rings. The van der Waals surface area contributed by atoms with Crippen LogP contribution >= 0.6 is 7.82 Å². The smallest absolute Gasteiger partial charge is 0.481 e. The zero-order valence-electron chi connectivity index (χ0n) is 21.5. The van der Waals surface area contributed by atoms with E-state index in [1.54, 1.807) is 81.4 Å². The Morgan fingerprint density at radius 1 is 1.00 bits per heavy atom. The van der Waals surface area contributed by atoms with Crippen molar-refractivity contribution in [2.45, 2.75) is 105 Å². The van der Waals surface area contributed by atoms with Crippen molar-refractivity contribution < 1.29 is 37.6 Å². The van der Waals surface area contributed by atoms with Crippen LogP contribution in [0.3, 0.4) is 0 Å². The Morgan fingerprint density at radius 2 is 1.52 bits per heavy atom. The number of carbonyl (C=O) groups is 2. The maximum absolute atomic E-state index is 13.5. The number of phosphoric ester groups is 1. The molecule has 0 amide bonds. The van der Waals surface area contributed by atoms with Gasteiger partial charge in [0.25, 0.3) is 0 Å². The fourth-order valence-electron chi connectivity index (χ4n) is 3.51. The van der Waals surface area contributed by atoms with Crippen LogP contribution in [0, 0.1) is 6.92 Å². The van der Waals surface area contributed by atoms with Crippen LogP contribution < -0.4 is 4.52 Å². The zero-order valence-corrected chi connectivity index (χ0v) is 22.4. The molecule has 0 saturated carbocycles. The van der Waals surface area contributed by atoms with Gasteiger partial charge in [0.2, 0.25) is 0 Å². The third-order valence-electron chi connectivity index (χ3n) is 4.24.